The molecule has 1 aliphatic rings. The van der Waals surface area contributed by atoms with E-state index in [4.69, 9.17) is 14.2 Å². The molecule has 0 bridgehead atoms. The summed E-state index contributed by atoms with van der Waals surface area (Å²) in [6, 6.07) is 8.74. The van der Waals surface area contributed by atoms with Gasteiger partial charge in [-0.1, -0.05) is 19.1 Å². The summed E-state index contributed by atoms with van der Waals surface area (Å²) in [5.41, 5.74) is 1.26. The third kappa shape index (κ3) is 3.95. The highest BCUT2D eigenvalue weighted by atomic mass is 16.7. The lowest BCUT2D eigenvalue weighted by molar-refractivity contribution is -0.253. The normalized spacial score (nSPS) is 20.6. The van der Waals surface area contributed by atoms with Crippen molar-refractivity contribution >= 4 is 0 Å². The number of hydrogen-bond acceptors (Lipinski definition) is 4. The Labute approximate surface area is 121 Å². The molecule has 1 atom stereocenters. The van der Waals surface area contributed by atoms with E-state index in [0.29, 0.717) is 19.3 Å². The Bertz CT molecular complexity index is 406. The lowest BCUT2D eigenvalue weighted by Crippen LogP contribution is -2.49. The first-order chi connectivity index (χ1) is 9.54. The maximum Gasteiger partial charge on any atom is 0.162 e. The molecule has 1 unspecified atom stereocenters. The van der Waals surface area contributed by atoms with Gasteiger partial charge in [-0.25, -0.2) is 0 Å². The number of ether oxygens (including phenoxy) is 3. The molecule has 1 aromatic rings. The third-order valence-electron chi connectivity index (χ3n) is 3.63. The van der Waals surface area contributed by atoms with Crippen LogP contribution in [0, 0.1) is 0 Å². The zero-order valence-electron chi connectivity index (χ0n) is 12.8. The van der Waals surface area contributed by atoms with Crippen LogP contribution in [0.3, 0.4) is 0 Å². The number of nitrogens with one attached hydrogen (secondary N) is 1. The van der Waals surface area contributed by atoms with Gasteiger partial charge in [-0.2, -0.15) is 0 Å². The second-order valence-electron chi connectivity index (χ2n) is 5.62. The highest BCUT2D eigenvalue weighted by Gasteiger charge is 2.29. The molecule has 1 aromatic carbocycles. The van der Waals surface area contributed by atoms with Crippen LogP contribution in [-0.4, -0.2) is 32.2 Å². The topological polar surface area (TPSA) is 39.7 Å². The molecule has 0 aromatic heterocycles. The summed E-state index contributed by atoms with van der Waals surface area (Å²) in [4.78, 5) is 0. The molecule has 2 rings (SSSR count). The largest absolute Gasteiger partial charge is 0.497 e. The van der Waals surface area contributed by atoms with Gasteiger partial charge in [-0.3, -0.25) is 0 Å². The van der Waals surface area contributed by atoms with Crippen LogP contribution in [0.5, 0.6) is 5.75 Å². The lowest BCUT2D eigenvalue weighted by atomic mass is 10.0. The van der Waals surface area contributed by atoms with Crippen molar-refractivity contribution in [3.8, 4) is 5.75 Å². The van der Waals surface area contributed by atoms with Gasteiger partial charge >= 0.3 is 0 Å². The van der Waals surface area contributed by atoms with Crippen LogP contribution in [0.2, 0.25) is 0 Å². The van der Waals surface area contributed by atoms with Gasteiger partial charge in [0.05, 0.1) is 26.4 Å². The molecule has 0 saturated carbocycles. The third-order valence-corrected chi connectivity index (χ3v) is 3.63. The zero-order valence-corrected chi connectivity index (χ0v) is 12.8. The predicted octanol–water partition coefficient (Wildman–Crippen LogP) is 2.89. The summed E-state index contributed by atoms with van der Waals surface area (Å²) < 4.78 is 16.6. The molecule has 0 aliphatic carbocycles. The van der Waals surface area contributed by atoms with Crippen LogP contribution >= 0.6 is 0 Å². The Hall–Kier alpha value is -1.10. The van der Waals surface area contributed by atoms with Crippen molar-refractivity contribution in [1.29, 1.82) is 0 Å². The van der Waals surface area contributed by atoms with Gasteiger partial charge in [0.25, 0.3) is 0 Å². The van der Waals surface area contributed by atoms with Crippen molar-refractivity contribution in [2.45, 2.75) is 45.1 Å². The maximum absolute atomic E-state index is 5.69. The molecule has 1 saturated heterocycles. The SMILES string of the molecule is CCC(NC1COC(C)(C)OC1)c1ccc(OC)cc1. The van der Waals surface area contributed by atoms with Gasteiger partial charge in [0.2, 0.25) is 0 Å². The molecule has 1 N–H and O–H groups in total. The Morgan fingerprint density at radius 1 is 1.25 bits per heavy atom. The van der Waals surface area contributed by atoms with Gasteiger partial charge in [0.15, 0.2) is 5.79 Å². The Kier molecular flexibility index (Phi) is 5.02. The monoisotopic (exact) mass is 279 g/mol. The number of benzene rings is 1. The van der Waals surface area contributed by atoms with E-state index < -0.39 is 5.79 Å². The smallest absolute Gasteiger partial charge is 0.162 e. The van der Waals surface area contributed by atoms with Crippen LogP contribution in [0.4, 0.5) is 0 Å². The quantitative estimate of drug-likeness (QED) is 0.899. The molecule has 1 heterocycles. The summed E-state index contributed by atoms with van der Waals surface area (Å²) in [6.45, 7) is 7.43. The fraction of sp³-hybridized carbons (Fsp3) is 0.625. The summed E-state index contributed by atoms with van der Waals surface area (Å²) in [5.74, 6) is 0.426. The van der Waals surface area contributed by atoms with E-state index in [0.717, 1.165) is 12.2 Å². The van der Waals surface area contributed by atoms with Gasteiger partial charge in [-0.15, -0.1) is 0 Å². The fourth-order valence-electron chi connectivity index (χ4n) is 2.36. The Morgan fingerprint density at radius 3 is 2.35 bits per heavy atom. The summed E-state index contributed by atoms with van der Waals surface area (Å²) in [6.07, 6.45) is 1.02. The van der Waals surface area contributed by atoms with Crippen LogP contribution in [0.1, 0.15) is 38.8 Å². The molecular weight excluding hydrogens is 254 g/mol. The standard InChI is InChI=1S/C16H25NO3/c1-5-15(12-6-8-14(18-4)9-7-12)17-13-10-19-16(2,3)20-11-13/h6-9,13,15,17H,5,10-11H2,1-4H3. The lowest BCUT2D eigenvalue weighted by Gasteiger charge is -2.37. The van der Waals surface area contributed by atoms with E-state index >= 15 is 0 Å². The van der Waals surface area contributed by atoms with Crippen molar-refractivity contribution < 1.29 is 14.2 Å². The average molecular weight is 279 g/mol. The van der Waals surface area contributed by atoms with E-state index in [9.17, 15) is 0 Å². The van der Waals surface area contributed by atoms with Gasteiger partial charge in [0, 0.05) is 6.04 Å². The zero-order chi connectivity index (χ0) is 14.6. The van der Waals surface area contributed by atoms with E-state index in [1.807, 2.05) is 26.0 Å². The maximum atomic E-state index is 5.69. The van der Waals surface area contributed by atoms with Crippen LogP contribution in [-0.2, 0) is 9.47 Å². The molecule has 4 nitrogen and oxygen atoms in total. The van der Waals surface area contributed by atoms with Crippen LogP contribution in [0.15, 0.2) is 24.3 Å². The Balaban J connectivity index is 1.95. The highest BCUT2D eigenvalue weighted by molar-refractivity contribution is 5.29. The van der Waals surface area contributed by atoms with E-state index in [2.05, 4.69) is 24.4 Å². The molecule has 0 spiro atoms. The second-order valence-corrected chi connectivity index (χ2v) is 5.62. The van der Waals surface area contributed by atoms with E-state index in [1.165, 1.54) is 5.56 Å². The van der Waals surface area contributed by atoms with Crippen molar-refractivity contribution in [3.05, 3.63) is 29.8 Å². The molecule has 112 valence electrons. The van der Waals surface area contributed by atoms with Gasteiger partial charge < -0.3 is 19.5 Å². The van der Waals surface area contributed by atoms with Gasteiger partial charge in [0.1, 0.15) is 5.75 Å². The first-order valence-electron chi connectivity index (χ1n) is 7.22. The van der Waals surface area contributed by atoms with E-state index in [-0.39, 0.29) is 6.04 Å². The fourth-order valence-corrected chi connectivity index (χ4v) is 2.36. The molecule has 1 fully saturated rings. The summed E-state index contributed by atoms with van der Waals surface area (Å²) >= 11 is 0. The Morgan fingerprint density at radius 2 is 1.85 bits per heavy atom. The average Bonchev–Trinajstić information content (AvgIpc) is 2.46. The van der Waals surface area contributed by atoms with Crippen molar-refractivity contribution in [2.24, 2.45) is 0 Å². The van der Waals surface area contributed by atoms with Crippen molar-refractivity contribution in [1.82, 2.24) is 5.32 Å². The summed E-state index contributed by atoms with van der Waals surface area (Å²) in [7, 11) is 1.68. The highest BCUT2D eigenvalue weighted by Crippen LogP contribution is 2.23. The number of rotatable bonds is 5. The first kappa shape index (κ1) is 15.3. The second kappa shape index (κ2) is 6.57. The number of hydrogen-bond donors (Lipinski definition) is 1. The van der Waals surface area contributed by atoms with E-state index in [1.54, 1.807) is 7.11 Å². The molecule has 4 heteroatoms. The minimum Gasteiger partial charge on any atom is -0.497 e. The predicted molar refractivity (Wildman–Crippen MR) is 78.9 cm³/mol. The summed E-state index contributed by atoms with van der Waals surface area (Å²) in [5, 5.41) is 3.61. The number of methoxy groups -OCH3 is 1. The molecule has 1 aliphatic heterocycles. The molecule has 0 radical (unpaired) electrons. The van der Waals surface area contributed by atoms with Crippen molar-refractivity contribution in [2.75, 3.05) is 20.3 Å². The van der Waals surface area contributed by atoms with Crippen LogP contribution < -0.4 is 10.1 Å². The molecule has 20 heavy (non-hydrogen) atoms. The minimum atomic E-state index is -0.458. The van der Waals surface area contributed by atoms with Gasteiger partial charge in [-0.05, 0) is 38.0 Å². The minimum absolute atomic E-state index is 0.232. The molecule has 0 amide bonds. The molecular formula is C16H25NO3. The van der Waals surface area contributed by atoms with Crippen molar-refractivity contribution in [3.63, 3.8) is 0 Å². The first-order valence-corrected chi connectivity index (χ1v) is 7.22. The van der Waals surface area contributed by atoms with Crippen LogP contribution in [0.25, 0.3) is 0 Å².